The van der Waals surface area contributed by atoms with Crippen LogP contribution in [0.15, 0.2) is 64.8 Å². The Morgan fingerprint density at radius 2 is 1.96 bits per heavy atom. The Kier molecular flexibility index (Phi) is 7.04. The van der Waals surface area contributed by atoms with Gasteiger partial charge in [0, 0.05) is 23.7 Å². The number of nitrogens with one attached hydrogen (secondary N) is 1. The first-order chi connectivity index (χ1) is 13.2. The van der Waals surface area contributed by atoms with E-state index >= 15 is 0 Å². The van der Waals surface area contributed by atoms with Gasteiger partial charge < -0.3 is 14.8 Å². The van der Waals surface area contributed by atoms with Gasteiger partial charge in [-0.25, -0.2) is 4.98 Å². The fraction of sp³-hybridized carbons (Fsp3) is 0.333. The summed E-state index contributed by atoms with van der Waals surface area (Å²) in [7, 11) is 0. The van der Waals surface area contributed by atoms with Gasteiger partial charge >= 0.3 is 0 Å². The molecule has 0 saturated heterocycles. The minimum atomic E-state index is -0.260. The van der Waals surface area contributed by atoms with Gasteiger partial charge in [0.1, 0.15) is 17.0 Å². The number of aromatic amines is 1. The molecule has 3 aromatic rings. The molecule has 0 radical (unpaired) electrons. The molecular formula is C21H25N3O2S. The standard InChI is InChI=1S/C21H25N3O2S/c1-15(2)19-21(27-17-8-4-3-5-9-17)24-20(23-19)18(26-12-11-25)13-16-7-6-10-22-14-16/h3-10,14-15,18,25H,11-13H2,1-2H3,(H,23,24). The Hall–Kier alpha value is -2.15. The lowest BCUT2D eigenvalue weighted by Gasteiger charge is -2.15. The third-order valence-corrected chi connectivity index (χ3v) is 5.11. The van der Waals surface area contributed by atoms with Crippen LogP contribution >= 0.6 is 11.8 Å². The van der Waals surface area contributed by atoms with Gasteiger partial charge in [-0.3, -0.25) is 4.98 Å². The number of aliphatic hydroxyl groups excluding tert-OH is 1. The lowest BCUT2D eigenvalue weighted by atomic mass is 10.1. The maximum absolute atomic E-state index is 9.20. The van der Waals surface area contributed by atoms with Crippen LogP contribution < -0.4 is 0 Å². The van der Waals surface area contributed by atoms with Crippen molar-refractivity contribution in [1.29, 1.82) is 0 Å². The van der Waals surface area contributed by atoms with Gasteiger partial charge in [-0.15, -0.1) is 0 Å². The molecule has 0 spiro atoms. The molecule has 1 aromatic carbocycles. The van der Waals surface area contributed by atoms with Crippen molar-refractivity contribution in [3.63, 3.8) is 0 Å². The highest BCUT2D eigenvalue weighted by Gasteiger charge is 2.22. The number of aromatic nitrogens is 3. The summed E-state index contributed by atoms with van der Waals surface area (Å²) in [4.78, 5) is 13.7. The Balaban J connectivity index is 1.88. The van der Waals surface area contributed by atoms with E-state index in [4.69, 9.17) is 9.72 Å². The molecule has 1 atom stereocenters. The number of H-pyrrole nitrogens is 1. The van der Waals surface area contributed by atoms with Gasteiger partial charge in [-0.05, 0) is 29.7 Å². The summed E-state index contributed by atoms with van der Waals surface area (Å²) in [5.74, 6) is 1.08. The molecule has 6 heteroatoms. The van der Waals surface area contributed by atoms with Crippen LogP contribution in [-0.4, -0.2) is 33.3 Å². The zero-order valence-electron chi connectivity index (χ0n) is 15.6. The van der Waals surface area contributed by atoms with E-state index in [0.717, 1.165) is 27.0 Å². The number of benzene rings is 1. The van der Waals surface area contributed by atoms with Crippen molar-refractivity contribution in [3.8, 4) is 0 Å². The lowest BCUT2D eigenvalue weighted by Crippen LogP contribution is -2.12. The van der Waals surface area contributed by atoms with Crippen molar-refractivity contribution in [2.24, 2.45) is 0 Å². The van der Waals surface area contributed by atoms with E-state index in [-0.39, 0.29) is 25.2 Å². The summed E-state index contributed by atoms with van der Waals surface area (Å²) < 4.78 is 5.90. The molecule has 0 aliphatic heterocycles. The molecule has 142 valence electrons. The van der Waals surface area contributed by atoms with Crippen LogP contribution in [0.3, 0.4) is 0 Å². The Morgan fingerprint density at radius 3 is 2.63 bits per heavy atom. The van der Waals surface area contributed by atoms with Crippen LogP contribution in [0.4, 0.5) is 0 Å². The van der Waals surface area contributed by atoms with Gasteiger partial charge in [0.25, 0.3) is 0 Å². The van der Waals surface area contributed by atoms with Crippen molar-refractivity contribution in [2.45, 2.75) is 42.2 Å². The summed E-state index contributed by atoms with van der Waals surface area (Å²) in [6.07, 6.45) is 3.98. The number of imidazole rings is 1. The summed E-state index contributed by atoms with van der Waals surface area (Å²) >= 11 is 1.68. The highest BCUT2D eigenvalue weighted by atomic mass is 32.2. The molecule has 0 aliphatic rings. The third-order valence-electron chi connectivity index (χ3n) is 4.08. The van der Waals surface area contributed by atoms with Crippen LogP contribution in [0.1, 0.15) is 43.0 Å². The molecule has 3 rings (SSSR count). The maximum Gasteiger partial charge on any atom is 0.136 e. The van der Waals surface area contributed by atoms with Crippen LogP contribution in [0.5, 0.6) is 0 Å². The highest BCUT2D eigenvalue weighted by molar-refractivity contribution is 7.99. The Morgan fingerprint density at radius 1 is 1.15 bits per heavy atom. The van der Waals surface area contributed by atoms with Gasteiger partial charge in [-0.1, -0.05) is 49.9 Å². The first-order valence-corrected chi connectivity index (χ1v) is 9.93. The summed E-state index contributed by atoms with van der Waals surface area (Å²) in [5, 5.41) is 10.2. The zero-order valence-corrected chi connectivity index (χ0v) is 16.4. The second kappa shape index (κ2) is 9.69. The predicted octanol–water partition coefficient (Wildman–Crippen LogP) is 4.37. The fourth-order valence-corrected chi connectivity index (χ4v) is 3.85. The topological polar surface area (TPSA) is 71.0 Å². The maximum atomic E-state index is 9.20. The van der Waals surface area contributed by atoms with Crippen LogP contribution in [-0.2, 0) is 11.2 Å². The average Bonchev–Trinajstić information content (AvgIpc) is 3.11. The fourth-order valence-electron chi connectivity index (χ4n) is 2.78. The molecule has 0 aliphatic carbocycles. The number of rotatable bonds is 9. The summed E-state index contributed by atoms with van der Waals surface area (Å²) in [5.41, 5.74) is 2.10. The van der Waals surface area contributed by atoms with Gasteiger partial charge in [0.15, 0.2) is 0 Å². The van der Waals surface area contributed by atoms with E-state index in [1.165, 1.54) is 0 Å². The van der Waals surface area contributed by atoms with Crippen molar-refractivity contribution < 1.29 is 9.84 Å². The van der Waals surface area contributed by atoms with Crippen molar-refractivity contribution >= 4 is 11.8 Å². The van der Waals surface area contributed by atoms with Gasteiger partial charge in [0.2, 0.25) is 0 Å². The number of hydrogen-bond acceptors (Lipinski definition) is 5. The molecule has 27 heavy (non-hydrogen) atoms. The highest BCUT2D eigenvalue weighted by Crippen LogP contribution is 2.34. The largest absolute Gasteiger partial charge is 0.394 e. The van der Waals surface area contributed by atoms with Crippen LogP contribution in [0.2, 0.25) is 0 Å². The van der Waals surface area contributed by atoms with Gasteiger partial charge in [-0.2, -0.15) is 0 Å². The van der Waals surface area contributed by atoms with Crippen molar-refractivity contribution in [3.05, 3.63) is 71.9 Å². The van der Waals surface area contributed by atoms with Crippen molar-refractivity contribution in [2.75, 3.05) is 13.2 Å². The van der Waals surface area contributed by atoms with E-state index in [1.54, 1.807) is 18.0 Å². The lowest BCUT2D eigenvalue weighted by molar-refractivity contribution is 0.0233. The smallest absolute Gasteiger partial charge is 0.136 e. The van der Waals surface area contributed by atoms with E-state index in [2.05, 4.69) is 35.9 Å². The molecule has 0 fully saturated rings. The summed E-state index contributed by atoms with van der Waals surface area (Å²) in [6, 6.07) is 14.2. The van der Waals surface area contributed by atoms with Crippen molar-refractivity contribution in [1.82, 2.24) is 15.0 Å². The molecule has 0 saturated carbocycles. The van der Waals surface area contributed by atoms with Crippen LogP contribution in [0, 0.1) is 0 Å². The average molecular weight is 384 g/mol. The predicted molar refractivity (Wildman–Crippen MR) is 107 cm³/mol. The van der Waals surface area contributed by atoms with E-state index in [1.807, 2.05) is 36.5 Å². The Labute approximate surface area is 164 Å². The number of aliphatic hydroxyl groups is 1. The number of nitrogens with zero attached hydrogens (tertiary/aromatic N) is 2. The van der Waals surface area contributed by atoms with E-state index in [9.17, 15) is 5.11 Å². The normalized spacial score (nSPS) is 12.4. The van der Waals surface area contributed by atoms with E-state index < -0.39 is 0 Å². The second-order valence-corrected chi connectivity index (χ2v) is 7.64. The molecule has 5 nitrogen and oxygen atoms in total. The zero-order chi connectivity index (χ0) is 19.1. The van der Waals surface area contributed by atoms with E-state index in [0.29, 0.717) is 6.42 Å². The second-order valence-electron chi connectivity index (χ2n) is 6.55. The molecule has 2 heterocycles. The monoisotopic (exact) mass is 383 g/mol. The first kappa shape index (κ1) is 19.6. The summed E-state index contributed by atoms with van der Waals surface area (Å²) in [6.45, 7) is 4.52. The number of ether oxygens (including phenoxy) is 1. The Bertz CT molecular complexity index is 822. The van der Waals surface area contributed by atoms with Crippen LogP contribution in [0.25, 0.3) is 0 Å². The quantitative estimate of drug-likeness (QED) is 0.574. The number of hydrogen-bond donors (Lipinski definition) is 2. The minimum absolute atomic E-state index is 0.0209. The number of pyridine rings is 1. The molecule has 0 bridgehead atoms. The molecular weight excluding hydrogens is 358 g/mol. The SMILES string of the molecule is CC(C)c1nc(C(Cc2cccnc2)OCCO)[nH]c1Sc1ccccc1. The third kappa shape index (κ3) is 5.42. The minimum Gasteiger partial charge on any atom is -0.394 e. The van der Waals surface area contributed by atoms with Gasteiger partial charge in [0.05, 0.1) is 18.9 Å². The molecule has 2 N–H and O–H groups in total. The molecule has 0 amide bonds. The first-order valence-electron chi connectivity index (χ1n) is 9.11. The molecule has 1 unspecified atom stereocenters. The molecule has 2 aromatic heterocycles.